The molecule has 1 aliphatic heterocycles. The van der Waals surface area contributed by atoms with Gasteiger partial charge < -0.3 is 10.2 Å². The van der Waals surface area contributed by atoms with Gasteiger partial charge in [-0.05, 0) is 49.7 Å². The molecule has 0 saturated heterocycles. The van der Waals surface area contributed by atoms with Crippen LogP contribution in [0, 0.1) is 0 Å². The number of anilines is 1. The Bertz CT molecular complexity index is 896. The Morgan fingerprint density at radius 2 is 1.96 bits per heavy atom. The third-order valence-corrected chi connectivity index (χ3v) is 5.96. The van der Waals surface area contributed by atoms with Gasteiger partial charge in [0, 0.05) is 30.9 Å². The molecule has 0 aliphatic carbocycles. The lowest BCUT2D eigenvalue weighted by molar-refractivity contribution is 0.0953. The number of sulfonamides is 1. The van der Waals surface area contributed by atoms with E-state index >= 15 is 0 Å². The summed E-state index contributed by atoms with van der Waals surface area (Å²) >= 11 is 0. The summed E-state index contributed by atoms with van der Waals surface area (Å²) in [5, 5.41) is 2.86. The molecule has 0 radical (unpaired) electrons. The second-order valence-corrected chi connectivity index (χ2v) is 8.10. The lowest BCUT2D eigenvalue weighted by Gasteiger charge is -2.19. The minimum absolute atomic E-state index is 0.0846. The quantitative estimate of drug-likeness (QED) is 0.725. The lowest BCUT2D eigenvalue weighted by atomic mass is 10.2. The number of carbonyl (C=O) groups is 1. The molecule has 1 amide bonds. The maximum absolute atomic E-state index is 12.3. The van der Waals surface area contributed by atoms with Crippen molar-refractivity contribution in [3.05, 3.63) is 59.7 Å². The van der Waals surface area contributed by atoms with E-state index in [9.17, 15) is 13.2 Å². The van der Waals surface area contributed by atoms with Gasteiger partial charge in [-0.3, -0.25) is 4.79 Å². The number of nitrogens with one attached hydrogen (secondary N) is 2. The number of rotatable bonds is 7. The largest absolute Gasteiger partial charge is 0.371 e. The van der Waals surface area contributed by atoms with Crippen LogP contribution < -0.4 is 14.9 Å². The predicted octanol–water partition coefficient (Wildman–Crippen LogP) is 1.78. The van der Waals surface area contributed by atoms with Gasteiger partial charge in [-0.25, -0.2) is 13.1 Å². The maximum Gasteiger partial charge on any atom is 0.251 e. The highest BCUT2D eigenvalue weighted by Crippen LogP contribution is 2.27. The first-order valence-corrected chi connectivity index (χ1v) is 10.1. The summed E-state index contributed by atoms with van der Waals surface area (Å²) in [5.41, 5.74) is 3.00. The Morgan fingerprint density at radius 1 is 1.15 bits per heavy atom. The second kappa shape index (κ2) is 7.88. The van der Waals surface area contributed by atoms with Crippen LogP contribution in [0.4, 0.5) is 5.69 Å². The summed E-state index contributed by atoms with van der Waals surface area (Å²) in [5.74, 6) is -0.264. The van der Waals surface area contributed by atoms with Crippen LogP contribution in [-0.2, 0) is 16.4 Å². The first kappa shape index (κ1) is 18.4. The molecule has 2 aromatic carbocycles. The van der Waals surface area contributed by atoms with Crippen LogP contribution in [0.2, 0.25) is 0 Å². The standard InChI is InChI=1S/C19H23N3O3S/c1-20-26(24,25)17-8-4-7-16(14-17)19(23)21-11-5-12-22-13-10-15-6-2-3-9-18(15)22/h2-4,6-9,14,20H,5,10-13H2,1H3,(H,21,23). The second-order valence-electron chi connectivity index (χ2n) is 6.21. The average molecular weight is 373 g/mol. The number of nitrogens with zero attached hydrogens (tertiary/aromatic N) is 1. The summed E-state index contributed by atoms with van der Waals surface area (Å²) in [7, 11) is -2.21. The van der Waals surface area contributed by atoms with E-state index in [-0.39, 0.29) is 10.8 Å². The molecule has 7 heteroatoms. The fraction of sp³-hybridized carbons (Fsp3) is 0.316. The van der Waals surface area contributed by atoms with E-state index in [4.69, 9.17) is 0 Å². The minimum Gasteiger partial charge on any atom is -0.371 e. The molecule has 2 N–H and O–H groups in total. The summed E-state index contributed by atoms with van der Waals surface area (Å²) in [6, 6.07) is 14.4. The van der Waals surface area contributed by atoms with E-state index in [0.717, 1.165) is 25.9 Å². The molecule has 0 bridgehead atoms. The van der Waals surface area contributed by atoms with Crippen molar-refractivity contribution in [3.63, 3.8) is 0 Å². The number of fused-ring (bicyclic) bond motifs is 1. The van der Waals surface area contributed by atoms with Gasteiger partial charge in [0.2, 0.25) is 10.0 Å². The number of benzene rings is 2. The zero-order valence-corrected chi connectivity index (χ0v) is 15.6. The van der Waals surface area contributed by atoms with Gasteiger partial charge in [-0.1, -0.05) is 24.3 Å². The molecule has 0 aromatic heterocycles. The first-order valence-electron chi connectivity index (χ1n) is 8.66. The monoisotopic (exact) mass is 373 g/mol. The Balaban J connectivity index is 1.52. The van der Waals surface area contributed by atoms with Crippen molar-refractivity contribution < 1.29 is 13.2 Å². The molecule has 0 fully saturated rings. The number of hydrogen-bond acceptors (Lipinski definition) is 4. The van der Waals surface area contributed by atoms with Gasteiger partial charge in [0.25, 0.3) is 5.91 Å². The molecule has 0 atom stereocenters. The van der Waals surface area contributed by atoms with Crippen molar-refractivity contribution in [1.82, 2.24) is 10.0 Å². The molecule has 2 aromatic rings. The highest BCUT2D eigenvalue weighted by Gasteiger charge is 2.18. The average Bonchev–Trinajstić information content (AvgIpc) is 3.08. The number of para-hydroxylation sites is 1. The fourth-order valence-electron chi connectivity index (χ4n) is 3.14. The van der Waals surface area contributed by atoms with Crippen molar-refractivity contribution in [2.75, 3.05) is 31.6 Å². The topological polar surface area (TPSA) is 78.5 Å². The van der Waals surface area contributed by atoms with Crippen molar-refractivity contribution in [2.45, 2.75) is 17.7 Å². The van der Waals surface area contributed by atoms with E-state index < -0.39 is 10.0 Å². The number of amides is 1. The fourth-order valence-corrected chi connectivity index (χ4v) is 3.91. The van der Waals surface area contributed by atoms with Gasteiger partial charge in [0.05, 0.1) is 4.90 Å². The van der Waals surface area contributed by atoms with Crippen molar-refractivity contribution in [3.8, 4) is 0 Å². The molecule has 6 nitrogen and oxygen atoms in total. The van der Waals surface area contributed by atoms with Crippen molar-refractivity contribution >= 4 is 21.6 Å². The molecule has 1 aliphatic rings. The highest BCUT2D eigenvalue weighted by atomic mass is 32.2. The van der Waals surface area contributed by atoms with Crippen LogP contribution in [-0.4, -0.2) is 41.0 Å². The summed E-state index contributed by atoms with van der Waals surface area (Å²) in [6.45, 7) is 2.43. The van der Waals surface area contributed by atoms with Crippen molar-refractivity contribution in [1.29, 1.82) is 0 Å². The molecule has 138 valence electrons. The summed E-state index contributed by atoms with van der Waals surface area (Å²) in [6.07, 6.45) is 1.89. The third kappa shape index (κ3) is 4.05. The molecule has 0 unspecified atom stereocenters. The SMILES string of the molecule is CNS(=O)(=O)c1cccc(C(=O)NCCCN2CCc3ccccc32)c1. The van der Waals surface area contributed by atoms with E-state index in [0.29, 0.717) is 12.1 Å². The van der Waals surface area contributed by atoms with E-state index in [1.165, 1.54) is 30.4 Å². The van der Waals surface area contributed by atoms with Crippen LogP contribution in [0.15, 0.2) is 53.4 Å². The van der Waals surface area contributed by atoms with E-state index in [1.54, 1.807) is 12.1 Å². The Labute approximate surface area is 154 Å². The van der Waals surface area contributed by atoms with E-state index in [2.05, 4.69) is 33.1 Å². The van der Waals surface area contributed by atoms with Crippen molar-refractivity contribution in [2.24, 2.45) is 0 Å². The van der Waals surface area contributed by atoms with Crippen LogP contribution in [0.5, 0.6) is 0 Å². The van der Waals surface area contributed by atoms with Crippen LogP contribution in [0.3, 0.4) is 0 Å². The van der Waals surface area contributed by atoms with Gasteiger partial charge in [-0.15, -0.1) is 0 Å². The van der Waals surface area contributed by atoms with Gasteiger partial charge in [0.15, 0.2) is 0 Å². The molecular weight excluding hydrogens is 350 g/mol. The lowest BCUT2D eigenvalue weighted by Crippen LogP contribution is -2.29. The number of carbonyl (C=O) groups excluding carboxylic acids is 1. The third-order valence-electron chi connectivity index (χ3n) is 4.55. The van der Waals surface area contributed by atoms with Crippen LogP contribution in [0.1, 0.15) is 22.3 Å². The smallest absolute Gasteiger partial charge is 0.251 e. The predicted molar refractivity (Wildman–Crippen MR) is 102 cm³/mol. The summed E-state index contributed by atoms with van der Waals surface area (Å²) < 4.78 is 25.9. The highest BCUT2D eigenvalue weighted by molar-refractivity contribution is 7.89. The normalized spacial score (nSPS) is 13.5. The van der Waals surface area contributed by atoms with Gasteiger partial charge >= 0.3 is 0 Å². The first-order chi connectivity index (χ1) is 12.5. The Hall–Kier alpha value is -2.38. The minimum atomic E-state index is -3.56. The maximum atomic E-state index is 12.3. The Morgan fingerprint density at radius 3 is 2.77 bits per heavy atom. The van der Waals surface area contributed by atoms with Crippen LogP contribution >= 0.6 is 0 Å². The molecular formula is C19H23N3O3S. The Kier molecular flexibility index (Phi) is 5.58. The zero-order chi connectivity index (χ0) is 18.6. The molecule has 1 heterocycles. The van der Waals surface area contributed by atoms with Gasteiger partial charge in [0.1, 0.15) is 0 Å². The zero-order valence-electron chi connectivity index (χ0n) is 14.7. The van der Waals surface area contributed by atoms with E-state index in [1.807, 2.05) is 6.07 Å². The molecule has 0 saturated carbocycles. The molecule has 26 heavy (non-hydrogen) atoms. The number of hydrogen-bond donors (Lipinski definition) is 2. The summed E-state index contributed by atoms with van der Waals surface area (Å²) in [4.78, 5) is 14.7. The molecule has 3 rings (SSSR count). The van der Waals surface area contributed by atoms with Crippen LogP contribution in [0.25, 0.3) is 0 Å². The van der Waals surface area contributed by atoms with Gasteiger partial charge in [-0.2, -0.15) is 0 Å². The molecule has 0 spiro atoms.